The number of nitrogens with one attached hydrogen (secondary N) is 1. The van der Waals surface area contributed by atoms with Gasteiger partial charge in [-0.3, -0.25) is 4.99 Å². The molecule has 0 amide bonds. The Labute approximate surface area is 166 Å². The van der Waals surface area contributed by atoms with E-state index in [2.05, 4.69) is 106 Å². The summed E-state index contributed by atoms with van der Waals surface area (Å²) in [5.41, 5.74) is 3.79. The summed E-state index contributed by atoms with van der Waals surface area (Å²) in [6.45, 7) is 0. The van der Waals surface area contributed by atoms with Crippen molar-refractivity contribution in [2.24, 2.45) is 4.99 Å². The fraction of sp³-hybridized carbons (Fsp3) is 0.136. The third kappa shape index (κ3) is 4.02. The fourth-order valence-electron chi connectivity index (χ4n) is 3.15. The van der Waals surface area contributed by atoms with Crippen molar-refractivity contribution >= 4 is 32.9 Å². The van der Waals surface area contributed by atoms with Crippen LogP contribution in [0.5, 0.6) is 0 Å². The van der Waals surface area contributed by atoms with E-state index in [1.165, 1.54) is 16.7 Å². The maximum Gasteiger partial charge on any atom is 0.158 e. The van der Waals surface area contributed by atoms with Crippen LogP contribution in [-0.2, 0) is 5.75 Å². The molecule has 2 unspecified atom stereocenters. The first-order chi connectivity index (χ1) is 12.8. The molecule has 1 N–H and O–H groups in total. The summed E-state index contributed by atoms with van der Waals surface area (Å²) < 4.78 is 1.11. The molecule has 3 aromatic carbocycles. The van der Waals surface area contributed by atoms with Gasteiger partial charge in [0, 0.05) is 10.2 Å². The highest BCUT2D eigenvalue weighted by atomic mass is 79.9. The number of rotatable bonds is 4. The highest BCUT2D eigenvalue weighted by Gasteiger charge is 2.31. The molecule has 1 aliphatic heterocycles. The predicted molar refractivity (Wildman–Crippen MR) is 114 cm³/mol. The second-order valence-electron chi connectivity index (χ2n) is 6.24. The molecule has 3 aromatic rings. The Morgan fingerprint density at radius 2 is 1.54 bits per heavy atom. The molecule has 4 rings (SSSR count). The van der Waals surface area contributed by atoms with E-state index < -0.39 is 0 Å². The van der Waals surface area contributed by atoms with Crippen LogP contribution in [0.15, 0.2) is 94.4 Å². The lowest BCUT2D eigenvalue weighted by molar-refractivity contribution is 0.573. The van der Waals surface area contributed by atoms with E-state index in [-0.39, 0.29) is 12.1 Å². The minimum absolute atomic E-state index is 0.101. The summed E-state index contributed by atoms with van der Waals surface area (Å²) in [6.07, 6.45) is 0. The molecule has 0 spiro atoms. The quantitative estimate of drug-likeness (QED) is 0.547. The van der Waals surface area contributed by atoms with Crippen LogP contribution in [-0.4, -0.2) is 5.17 Å². The average molecular weight is 423 g/mol. The van der Waals surface area contributed by atoms with Crippen LogP contribution < -0.4 is 5.32 Å². The average Bonchev–Trinajstić information content (AvgIpc) is 3.12. The minimum atomic E-state index is 0.101. The fourth-order valence-corrected chi connectivity index (χ4v) is 4.48. The number of benzene rings is 3. The van der Waals surface area contributed by atoms with Gasteiger partial charge in [0.1, 0.15) is 6.04 Å². The van der Waals surface area contributed by atoms with Gasteiger partial charge in [-0.1, -0.05) is 100 Å². The molecule has 1 heterocycles. The smallest absolute Gasteiger partial charge is 0.158 e. The Balaban J connectivity index is 1.56. The van der Waals surface area contributed by atoms with Gasteiger partial charge < -0.3 is 5.32 Å². The van der Waals surface area contributed by atoms with Crippen LogP contribution in [0.2, 0.25) is 0 Å². The van der Waals surface area contributed by atoms with E-state index in [1.807, 2.05) is 0 Å². The van der Waals surface area contributed by atoms with E-state index in [9.17, 15) is 0 Å². The maximum atomic E-state index is 5.01. The number of halogens is 1. The van der Waals surface area contributed by atoms with Crippen LogP contribution in [0.25, 0.3) is 0 Å². The van der Waals surface area contributed by atoms with Gasteiger partial charge in [-0.2, -0.15) is 0 Å². The van der Waals surface area contributed by atoms with Crippen molar-refractivity contribution in [3.63, 3.8) is 0 Å². The third-order valence-corrected chi connectivity index (χ3v) is 5.88. The van der Waals surface area contributed by atoms with Crippen molar-refractivity contribution in [2.45, 2.75) is 17.8 Å². The van der Waals surface area contributed by atoms with Crippen molar-refractivity contribution in [1.82, 2.24) is 5.32 Å². The predicted octanol–water partition coefficient (Wildman–Crippen LogP) is 6.12. The number of amidine groups is 1. The van der Waals surface area contributed by atoms with Crippen LogP contribution in [0.4, 0.5) is 0 Å². The summed E-state index contributed by atoms with van der Waals surface area (Å²) in [7, 11) is 0. The van der Waals surface area contributed by atoms with Crippen molar-refractivity contribution in [3.8, 4) is 0 Å². The molecular weight excluding hydrogens is 404 g/mol. The lowest BCUT2D eigenvalue weighted by Crippen LogP contribution is -2.22. The topological polar surface area (TPSA) is 24.4 Å². The monoisotopic (exact) mass is 422 g/mol. The lowest BCUT2D eigenvalue weighted by atomic mass is 9.95. The molecule has 2 nitrogen and oxygen atoms in total. The molecule has 0 bridgehead atoms. The third-order valence-electron chi connectivity index (χ3n) is 4.42. The molecule has 2 atom stereocenters. The number of hydrogen-bond acceptors (Lipinski definition) is 3. The summed E-state index contributed by atoms with van der Waals surface area (Å²) in [4.78, 5) is 5.01. The van der Waals surface area contributed by atoms with Crippen molar-refractivity contribution < 1.29 is 0 Å². The molecule has 0 saturated carbocycles. The van der Waals surface area contributed by atoms with Crippen LogP contribution in [0.1, 0.15) is 28.8 Å². The van der Waals surface area contributed by atoms with Crippen LogP contribution >= 0.6 is 27.7 Å². The van der Waals surface area contributed by atoms with E-state index in [4.69, 9.17) is 4.99 Å². The van der Waals surface area contributed by atoms with E-state index >= 15 is 0 Å². The van der Waals surface area contributed by atoms with Gasteiger partial charge in [-0.05, 0) is 28.8 Å². The first-order valence-corrected chi connectivity index (χ1v) is 10.4. The summed E-state index contributed by atoms with van der Waals surface area (Å²) in [5.74, 6) is 0.897. The van der Waals surface area contributed by atoms with Gasteiger partial charge in [-0.25, -0.2) is 0 Å². The van der Waals surface area contributed by atoms with E-state index in [1.54, 1.807) is 11.8 Å². The lowest BCUT2D eigenvalue weighted by Gasteiger charge is -2.19. The Kier molecular flexibility index (Phi) is 5.42. The largest absolute Gasteiger partial charge is 0.356 e. The van der Waals surface area contributed by atoms with Gasteiger partial charge in [0.25, 0.3) is 0 Å². The maximum absolute atomic E-state index is 5.01. The molecule has 0 radical (unpaired) electrons. The number of hydrogen-bond donors (Lipinski definition) is 1. The van der Waals surface area contributed by atoms with Crippen molar-refractivity contribution in [3.05, 3.63) is 106 Å². The van der Waals surface area contributed by atoms with Gasteiger partial charge in [0.2, 0.25) is 0 Å². The van der Waals surface area contributed by atoms with Crippen molar-refractivity contribution in [1.29, 1.82) is 0 Å². The molecule has 26 heavy (non-hydrogen) atoms. The zero-order valence-corrected chi connectivity index (χ0v) is 16.6. The highest BCUT2D eigenvalue weighted by molar-refractivity contribution is 9.10. The van der Waals surface area contributed by atoms with E-state index in [0.29, 0.717) is 0 Å². The first-order valence-electron chi connectivity index (χ1n) is 8.61. The number of aliphatic imine (C=N–C) groups is 1. The molecule has 0 aromatic heterocycles. The molecular formula is C22H19BrN2S. The van der Waals surface area contributed by atoms with Crippen molar-refractivity contribution in [2.75, 3.05) is 0 Å². The Hall–Kier alpha value is -2.04. The Morgan fingerprint density at radius 3 is 2.23 bits per heavy atom. The standard InChI is InChI=1S/C22H19BrN2S/c23-19-13-7-8-16(14-19)15-26-22-24-20(17-9-3-1-4-10-17)21(25-22)18-11-5-2-6-12-18/h1-14,20-21H,15H2,(H,24,25). The van der Waals surface area contributed by atoms with Crippen LogP contribution in [0, 0.1) is 0 Å². The molecule has 0 saturated heterocycles. The molecule has 1 aliphatic rings. The summed E-state index contributed by atoms with van der Waals surface area (Å²) in [6, 6.07) is 29.8. The van der Waals surface area contributed by atoms with Gasteiger partial charge in [-0.15, -0.1) is 0 Å². The second kappa shape index (κ2) is 8.11. The zero-order chi connectivity index (χ0) is 17.8. The zero-order valence-electron chi connectivity index (χ0n) is 14.2. The SMILES string of the molecule is Brc1cccc(CSC2=NC(c3ccccc3)C(c3ccccc3)N2)c1. The second-order valence-corrected chi connectivity index (χ2v) is 8.12. The molecule has 0 fully saturated rings. The minimum Gasteiger partial charge on any atom is -0.356 e. The van der Waals surface area contributed by atoms with Gasteiger partial charge in [0.05, 0.1) is 6.04 Å². The van der Waals surface area contributed by atoms with Crippen LogP contribution in [0.3, 0.4) is 0 Å². The molecule has 0 aliphatic carbocycles. The number of thioether (sulfide) groups is 1. The summed E-state index contributed by atoms with van der Waals surface area (Å²) in [5, 5.41) is 4.65. The summed E-state index contributed by atoms with van der Waals surface area (Å²) >= 11 is 5.30. The Morgan fingerprint density at radius 1 is 0.846 bits per heavy atom. The Bertz CT molecular complexity index is 896. The van der Waals surface area contributed by atoms with Gasteiger partial charge in [0.15, 0.2) is 5.17 Å². The number of nitrogens with zero attached hydrogens (tertiary/aromatic N) is 1. The first kappa shape index (κ1) is 17.4. The normalized spacial score (nSPS) is 19.0. The molecule has 130 valence electrons. The highest BCUT2D eigenvalue weighted by Crippen LogP contribution is 2.38. The van der Waals surface area contributed by atoms with Gasteiger partial charge >= 0.3 is 0 Å². The molecule has 4 heteroatoms. The van der Waals surface area contributed by atoms with E-state index in [0.717, 1.165) is 15.4 Å².